The molecular weight excluding hydrogens is 430 g/mol. The predicted molar refractivity (Wildman–Crippen MR) is 123 cm³/mol. The van der Waals surface area contributed by atoms with Crippen LogP contribution in [0.4, 0.5) is 5.69 Å². The van der Waals surface area contributed by atoms with Crippen LogP contribution in [-0.2, 0) is 22.6 Å². The van der Waals surface area contributed by atoms with Crippen LogP contribution in [0.3, 0.4) is 0 Å². The SMILES string of the molecule is Cc1c(NC(=O)[C@@H]2CS[C@]3(C)CCC(=O)N23)cccc1C(=O)N1CCc2sccc2C1. The topological polar surface area (TPSA) is 69.7 Å². The summed E-state index contributed by atoms with van der Waals surface area (Å²) in [6, 6.07) is 7.08. The van der Waals surface area contributed by atoms with Gasteiger partial charge in [0, 0.05) is 41.4 Å². The number of amides is 3. The summed E-state index contributed by atoms with van der Waals surface area (Å²) in [6.45, 7) is 5.25. The molecular formula is C23H25N3O3S2. The summed E-state index contributed by atoms with van der Waals surface area (Å²) in [5.74, 6) is 0.457. The van der Waals surface area contributed by atoms with Gasteiger partial charge < -0.3 is 15.1 Å². The van der Waals surface area contributed by atoms with E-state index in [1.165, 1.54) is 10.4 Å². The van der Waals surface area contributed by atoms with Gasteiger partial charge in [-0.05, 0) is 61.4 Å². The summed E-state index contributed by atoms with van der Waals surface area (Å²) in [7, 11) is 0. The summed E-state index contributed by atoms with van der Waals surface area (Å²) in [6.07, 6.45) is 2.17. The van der Waals surface area contributed by atoms with E-state index in [1.54, 1.807) is 28.0 Å². The molecule has 3 amide bonds. The molecule has 31 heavy (non-hydrogen) atoms. The lowest BCUT2D eigenvalue weighted by Crippen LogP contribution is -2.48. The highest BCUT2D eigenvalue weighted by molar-refractivity contribution is 8.01. The molecule has 0 unspecified atom stereocenters. The standard InChI is InChI=1S/C23H25N3O3S2/c1-14-16(22(29)25-10-7-19-15(12-25)8-11-30-19)4-3-5-17(14)24-21(28)18-13-31-23(2)9-6-20(27)26(18)23/h3-5,8,11,18H,6-7,9-10,12-13H2,1-2H3,(H,24,28)/t18-,23+/m0/s1. The predicted octanol–water partition coefficient (Wildman–Crippen LogP) is 3.65. The van der Waals surface area contributed by atoms with E-state index in [4.69, 9.17) is 0 Å². The molecule has 6 nitrogen and oxygen atoms in total. The van der Waals surface area contributed by atoms with Gasteiger partial charge in [-0.15, -0.1) is 23.1 Å². The first-order chi connectivity index (χ1) is 14.9. The van der Waals surface area contributed by atoms with Crippen molar-refractivity contribution in [2.45, 2.75) is 50.6 Å². The number of hydrogen-bond acceptors (Lipinski definition) is 5. The van der Waals surface area contributed by atoms with E-state index in [0.717, 1.165) is 18.4 Å². The van der Waals surface area contributed by atoms with Crippen LogP contribution in [0.1, 0.15) is 46.1 Å². The quantitative estimate of drug-likeness (QED) is 0.767. The van der Waals surface area contributed by atoms with E-state index in [2.05, 4.69) is 16.8 Å². The maximum atomic E-state index is 13.2. The summed E-state index contributed by atoms with van der Waals surface area (Å²) in [5, 5.41) is 5.08. The second kappa shape index (κ2) is 7.67. The van der Waals surface area contributed by atoms with Crippen LogP contribution in [0.25, 0.3) is 0 Å². The number of fused-ring (bicyclic) bond motifs is 2. The van der Waals surface area contributed by atoms with Crippen molar-refractivity contribution in [1.82, 2.24) is 9.80 Å². The Kier molecular flexibility index (Phi) is 5.09. The number of carbonyl (C=O) groups excluding carboxylic acids is 3. The minimum absolute atomic E-state index is 0.0100. The maximum absolute atomic E-state index is 13.2. The first-order valence-electron chi connectivity index (χ1n) is 10.6. The van der Waals surface area contributed by atoms with Gasteiger partial charge in [0.2, 0.25) is 11.8 Å². The Morgan fingerprint density at radius 3 is 2.90 bits per heavy atom. The molecule has 0 spiro atoms. The zero-order chi connectivity index (χ0) is 21.8. The summed E-state index contributed by atoms with van der Waals surface area (Å²) in [4.78, 5) is 43.4. The van der Waals surface area contributed by atoms with Gasteiger partial charge in [0.15, 0.2) is 0 Å². The molecule has 1 N–H and O–H groups in total. The first kappa shape index (κ1) is 20.6. The Hall–Kier alpha value is -2.32. The Labute approximate surface area is 190 Å². The number of benzene rings is 1. The number of thiophene rings is 1. The van der Waals surface area contributed by atoms with E-state index in [-0.39, 0.29) is 22.6 Å². The Bertz CT molecular complexity index is 1080. The number of thioether (sulfide) groups is 1. The lowest BCUT2D eigenvalue weighted by molar-refractivity contribution is -0.135. The van der Waals surface area contributed by atoms with Crippen LogP contribution in [0.2, 0.25) is 0 Å². The van der Waals surface area contributed by atoms with E-state index in [0.29, 0.717) is 36.5 Å². The molecule has 0 bridgehead atoms. The smallest absolute Gasteiger partial charge is 0.254 e. The van der Waals surface area contributed by atoms with Crippen molar-refractivity contribution in [3.05, 3.63) is 51.2 Å². The largest absolute Gasteiger partial charge is 0.334 e. The lowest BCUT2D eigenvalue weighted by Gasteiger charge is -2.30. The summed E-state index contributed by atoms with van der Waals surface area (Å²) < 4.78 is 0. The molecule has 4 heterocycles. The number of hydrogen-bond donors (Lipinski definition) is 1. The molecule has 0 aliphatic carbocycles. The van der Waals surface area contributed by atoms with Crippen molar-refractivity contribution < 1.29 is 14.4 Å². The average molecular weight is 456 g/mol. The molecule has 2 aromatic rings. The third kappa shape index (κ3) is 3.46. The molecule has 8 heteroatoms. The fraction of sp³-hybridized carbons (Fsp3) is 0.435. The number of carbonyl (C=O) groups is 3. The van der Waals surface area contributed by atoms with Crippen LogP contribution in [0.15, 0.2) is 29.6 Å². The highest BCUT2D eigenvalue weighted by Gasteiger charge is 2.52. The van der Waals surface area contributed by atoms with E-state index in [9.17, 15) is 14.4 Å². The molecule has 3 aliphatic heterocycles. The van der Waals surface area contributed by atoms with Crippen LogP contribution in [0.5, 0.6) is 0 Å². The van der Waals surface area contributed by atoms with E-state index >= 15 is 0 Å². The van der Waals surface area contributed by atoms with Gasteiger partial charge in [-0.2, -0.15) is 0 Å². The van der Waals surface area contributed by atoms with Crippen molar-refractivity contribution >= 4 is 46.5 Å². The van der Waals surface area contributed by atoms with Gasteiger partial charge in [0.25, 0.3) is 5.91 Å². The lowest BCUT2D eigenvalue weighted by atomic mass is 10.0. The fourth-order valence-corrected chi connectivity index (χ4v) is 7.15. The molecule has 0 saturated carbocycles. The minimum atomic E-state index is -0.470. The average Bonchev–Trinajstić information content (AvgIpc) is 3.44. The molecule has 3 aliphatic rings. The van der Waals surface area contributed by atoms with Crippen LogP contribution in [0, 0.1) is 6.92 Å². The first-order valence-corrected chi connectivity index (χ1v) is 12.4. The molecule has 2 atom stereocenters. The van der Waals surface area contributed by atoms with Crippen LogP contribution in [-0.4, -0.2) is 50.7 Å². The van der Waals surface area contributed by atoms with E-state index in [1.807, 2.05) is 36.9 Å². The van der Waals surface area contributed by atoms with Gasteiger partial charge in [-0.1, -0.05) is 6.07 Å². The zero-order valence-corrected chi connectivity index (χ0v) is 19.3. The molecule has 0 radical (unpaired) electrons. The maximum Gasteiger partial charge on any atom is 0.254 e. The Morgan fingerprint density at radius 2 is 2.06 bits per heavy atom. The van der Waals surface area contributed by atoms with Crippen LogP contribution >= 0.6 is 23.1 Å². The van der Waals surface area contributed by atoms with Crippen molar-refractivity contribution in [2.24, 2.45) is 0 Å². The van der Waals surface area contributed by atoms with Gasteiger partial charge in [-0.25, -0.2) is 0 Å². The molecule has 162 valence electrons. The second-order valence-electron chi connectivity index (χ2n) is 8.58. The molecule has 1 aromatic carbocycles. The summed E-state index contributed by atoms with van der Waals surface area (Å²) >= 11 is 3.43. The number of anilines is 1. The van der Waals surface area contributed by atoms with Gasteiger partial charge in [0.05, 0.1) is 4.87 Å². The summed E-state index contributed by atoms with van der Waals surface area (Å²) in [5.41, 5.74) is 3.23. The Balaban J connectivity index is 1.34. The van der Waals surface area contributed by atoms with Gasteiger partial charge in [-0.3, -0.25) is 14.4 Å². The molecule has 2 fully saturated rings. The van der Waals surface area contributed by atoms with Gasteiger partial charge >= 0.3 is 0 Å². The molecule has 1 aromatic heterocycles. The third-order valence-electron chi connectivity index (χ3n) is 6.66. The third-order valence-corrected chi connectivity index (χ3v) is 9.19. The number of nitrogens with one attached hydrogen (secondary N) is 1. The normalized spacial score (nSPS) is 24.8. The highest BCUT2D eigenvalue weighted by Crippen LogP contribution is 2.47. The van der Waals surface area contributed by atoms with Gasteiger partial charge in [0.1, 0.15) is 6.04 Å². The number of nitrogens with zero attached hydrogens (tertiary/aromatic N) is 2. The zero-order valence-electron chi connectivity index (χ0n) is 17.6. The van der Waals surface area contributed by atoms with Crippen molar-refractivity contribution in [3.8, 4) is 0 Å². The van der Waals surface area contributed by atoms with Crippen LogP contribution < -0.4 is 5.32 Å². The minimum Gasteiger partial charge on any atom is -0.334 e. The van der Waals surface area contributed by atoms with Crippen molar-refractivity contribution in [1.29, 1.82) is 0 Å². The van der Waals surface area contributed by atoms with Crippen molar-refractivity contribution in [3.63, 3.8) is 0 Å². The second-order valence-corrected chi connectivity index (χ2v) is 11.1. The molecule has 5 rings (SSSR count). The highest BCUT2D eigenvalue weighted by atomic mass is 32.2. The van der Waals surface area contributed by atoms with Crippen molar-refractivity contribution in [2.75, 3.05) is 17.6 Å². The number of rotatable bonds is 3. The van der Waals surface area contributed by atoms with E-state index < -0.39 is 6.04 Å². The molecule has 2 saturated heterocycles. The fourth-order valence-electron chi connectivity index (χ4n) is 4.83. The Morgan fingerprint density at radius 1 is 1.23 bits per heavy atom. The monoisotopic (exact) mass is 455 g/mol.